The maximum absolute atomic E-state index is 12.8. The first-order valence-electron chi connectivity index (χ1n) is 9.13. The first-order chi connectivity index (χ1) is 12.8. The Labute approximate surface area is 201 Å². The maximum atomic E-state index is 12.8. The topological polar surface area (TPSA) is 77.0 Å². The van der Waals surface area contributed by atoms with Gasteiger partial charge in [0.1, 0.15) is 10.6 Å². The molecule has 0 unspecified atom stereocenters. The Morgan fingerprint density at radius 3 is 2.57 bits per heavy atom. The molecular formula is C18H24N5NaOS3. The molecule has 1 fully saturated rings. The van der Waals surface area contributed by atoms with Crippen molar-refractivity contribution in [3.05, 3.63) is 28.5 Å². The first kappa shape index (κ1) is 22.7. The quantitative estimate of drug-likeness (QED) is 0.398. The average Bonchev–Trinajstić information content (AvgIpc) is 3.17. The van der Waals surface area contributed by atoms with Gasteiger partial charge in [-0.3, -0.25) is 4.98 Å². The number of nitrogens with one attached hydrogen (secondary N) is 1. The van der Waals surface area contributed by atoms with Crippen LogP contribution in [0.2, 0.25) is 0 Å². The van der Waals surface area contributed by atoms with Gasteiger partial charge in [-0.25, -0.2) is 9.97 Å². The van der Waals surface area contributed by atoms with Crippen LogP contribution in [0.4, 0.5) is 5.82 Å². The molecule has 0 aromatic carbocycles. The van der Waals surface area contributed by atoms with E-state index in [1.54, 1.807) is 23.7 Å². The monoisotopic (exact) mass is 445 g/mol. The normalized spacial score (nSPS) is 22.0. The second kappa shape index (κ2) is 8.63. The maximum Gasteiger partial charge on any atom is 1.00 e. The third-order valence-corrected chi connectivity index (χ3v) is 8.25. The Hall–Kier alpha value is 0. The van der Waals surface area contributed by atoms with Crippen molar-refractivity contribution in [3.63, 3.8) is 0 Å². The zero-order valence-corrected chi connectivity index (χ0v) is 21.2. The van der Waals surface area contributed by atoms with Crippen molar-refractivity contribution in [1.82, 2.24) is 19.7 Å². The summed E-state index contributed by atoms with van der Waals surface area (Å²) in [7, 11) is 0. The second-order valence-corrected chi connectivity index (χ2v) is 11.6. The summed E-state index contributed by atoms with van der Waals surface area (Å²) in [6.45, 7) is 7.84. The predicted molar refractivity (Wildman–Crippen MR) is 111 cm³/mol. The Morgan fingerprint density at radius 2 is 1.96 bits per heavy atom. The van der Waals surface area contributed by atoms with Gasteiger partial charge >= 0.3 is 29.6 Å². The largest absolute Gasteiger partial charge is 1.00 e. The molecule has 2 atom stereocenters. The van der Waals surface area contributed by atoms with Gasteiger partial charge in [0, 0.05) is 40.9 Å². The van der Waals surface area contributed by atoms with E-state index in [4.69, 9.17) is 12.6 Å². The summed E-state index contributed by atoms with van der Waals surface area (Å²) in [4.78, 5) is 16.7. The molecule has 10 heteroatoms. The smallest absolute Gasteiger partial charge is 0.759 e. The van der Waals surface area contributed by atoms with Gasteiger partial charge < -0.3 is 22.1 Å². The van der Waals surface area contributed by atoms with Crippen molar-refractivity contribution in [2.24, 2.45) is 5.41 Å². The van der Waals surface area contributed by atoms with E-state index in [9.17, 15) is 4.55 Å². The number of thiazole rings is 1. The van der Waals surface area contributed by atoms with Gasteiger partial charge in [-0.2, -0.15) is 0 Å². The van der Waals surface area contributed by atoms with Gasteiger partial charge in [0.2, 0.25) is 0 Å². The predicted octanol–water partition coefficient (Wildman–Crippen LogP) is -0.221. The van der Waals surface area contributed by atoms with Crippen LogP contribution < -0.4 is 39.2 Å². The molecule has 2 aromatic heterocycles. The molecular weight excluding hydrogens is 421 g/mol. The van der Waals surface area contributed by atoms with Crippen molar-refractivity contribution in [1.29, 1.82) is 0 Å². The molecule has 1 saturated heterocycles. The van der Waals surface area contributed by atoms with Crippen LogP contribution in [-0.4, -0.2) is 37.3 Å². The van der Waals surface area contributed by atoms with E-state index in [0.29, 0.717) is 5.03 Å². The summed E-state index contributed by atoms with van der Waals surface area (Å²) in [6.07, 6.45) is 6.37. The number of nitrogens with zero attached hydrogens (tertiary/aromatic N) is 4. The minimum Gasteiger partial charge on any atom is -0.759 e. The fourth-order valence-corrected chi connectivity index (χ4v) is 6.06. The van der Waals surface area contributed by atoms with Crippen LogP contribution in [0.3, 0.4) is 0 Å². The molecule has 1 spiro atoms. The summed E-state index contributed by atoms with van der Waals surface area (Å²) in [5.41, 5.74) is 3.15. The zero-order chi connectivity index (χ0) is 19.2. The molecule has 3 heterocycles. The van der Waals surface area contributed by atoms with Gasteiger partial charge in [-0.05, 0) is 40.0 Å². The van der Waals surface area contributed by atoms with Crippen LogP contribution in [0.1, 0.15) is 50.2 Å². The standard InChI is InChI=1S/C18H25N5OS3.Na/c1-17(2,3)27(24)22-16-15-12(21-11-26-15)8-18(16)4-6-23(7-5-18)13-9-20-14(25)10-19-13;/h9-11,16,22H,4-8H2,1-3H3,(H,20,25);/q;+1/p-1/t16-,27-;/m1./s1. The summed E-state index contributed by atoms with van der Waals surface area (Å²) in [6, 6.07) is 0.100. The number of anilines is 1. The van der Waals surface area contributed by atoms with Crippen molar-refractivity contribution in [2.75, 3.05) is 18.0 Å². The van der Waals surface area contributed by atoms with Crippen molar-refractivity contribution in [3.8, 4) is 0 Å². The summed E-state index contributed by atoms with van der Waals surface area (Å²) in [5.74, 6) is 0.882. The summed E-state index contributed by atoms with van der Waals surface area (Å²) < 4.78 is 16.0. The van der Waals surface area contributed by atoms with E-state index >= 15 is 0 Å². The van der Waals surface area contributed by atoms with Crippen LogP contribution in [0.25, 0.3) is 0 Å². The minimum atomic E-state index is -1.11. The molecule has 2 aromatic rings. The molecule has 146 valence electrons. The number of hydrogen-bond acceptors (Lipinski definition) is 8. The van der Waals surface area contributed by atoms with Gasteiger partial charge in [0.15, 0.2) is 0 Å². The van der Waals surface area contributed by atoms with Gasteiger partial charge in [0.05, 0.1) is 23.4 Å². The number of hydrogen-bond donors (Lipinski definition) is 1. The Morgan fingerprint density at radius 1 is 1.25 bits per heavy atom. The number of aromatic nitrogens is 3. The van der Waals surface area contributed by atoms with Crippen LogP contribution in [0, 0.1) is 5.41 Å². The summed E-state index contributed by atoms with van der Waals surface area (Å²) in [5, 5.41) is 0.521. The zero-order valence-electron chi connectivity index (χ0n) is 16.8. The fourth-order valence-electron chi connectivity index (χ4n) is 3.94. The fraction of sp³-hybridized carbons (Fsp3) is 0.611. The van der Waals surface area contributed by atoms with Crippen molar-refractivity contribution < 1.29 is 34.1 Å². The molecule has 0 saturated carbocycles. The molecule has 1 aliphatic heterocycles. The molecule has 2 aliphatic rings. The van der Waals surface area contributed by atoms with E-state index in [0.717, 1.165) is 38.2 Å². The second-order valence-electron chi connectivity index (χ2n) is 8.33. The minimum absolute atomic E-state index is 0. The first-order valence-corrected chi connectivity index (χ1v) is 11.6. The van der Waals surface area contributed by atoms with E-state index < -0.39 is 11.4 Å². The van der Waals surface area contributed by atoms with E-state index in [2.05, 4.69) is 24.6 Å². The van der Waals surface area contributed by atoms with Crippen LogP contribution >= 0.6 is 11.3 Å². The molecule has 28 heavy (non-hydrogen) atoms. The molecule has 6 nitrogen and oxygen atoms in total. The molecule has 0 radical (unpaired) electrons. The van der Waals surface area contributed by atoms with Crippen molar-refractivity contribution >= 4 is 41.1 Å². The van der Waals surface area contributed by atoms with Gasteiger partial charge in [0.25, 0.3) is 0 Å². The van der Waals surface area contributed by atoms with E-state index in [1.807, 2.05) is 26.3 Å². The van der Waals surface area contributed by atoms with E-state index in [1.165, 1.54) is 10.6 Å². The van der Waals surface area contributed by atoms with Crippen LogP contribution in [0.15, 0.2) is 22.9 Å². The average molecular weight is 446 g/mol. The number of piperidine rings is 1. The molecule has 0 amide bonds. The Kier molecular flexibility index (Phi) is 6.99. The molecule has 0 bridgehead atoms. The number of rotatable bonds is 3. The number of fused-ring (bicyclic) bond motifs is 1. The Bertz CT molecular complexity index is 802. The molecule has 4 rings (SSSR count). The molecule has 1 aliphatic carbocycles. The van der Waals surface area contributed by atoms with Crippen LogP contribution in [-0.2, 0) is 30.4 Å². The van der Waals surface area contributed by atoms with Crippen molar-refractivity contribution in [2.45, 2.75) is 55.8 Å². The Balaban J connectivity index is 0.00000225. The van der Waals surface area contributed by atoms with E-state index in [-0.39, 0.29) is 45.8 Å². The third-order valence-electron chi connectivity index (χ3n) is 5.55. The van der Waals surface area contributed by atoms with Gasteiger partial charge in [-0.15, -0.1) is 16.1 Å². The van der Waals surface area contributed by atoms with Gasteiger partial charge in [-0.1, -0.05) is 5.03 Å². The van der Waals surface area contributed by atoms with Crippen LogP contribution in [0.5, 0.6) is 0 Å². The molecule has 1 N–H and O–H groups in total. The SMILES string of the molecule is CC(C)(C)[S@@+]([O-])N[C@@H]1c2scnc2CC12CCN(c1cnc([S-])cn1)CC2.[Na+]. The third kappa shape index (κ3) is 4.37. The summed E-state index contributed by atoms with van der Waals surface area (Å²) >= 11 is 5.61.